The molecule has 0 fully saturated rings. The molecule has 23 heavy (non-hydrogen) atoms. The smallest absolute Gasteiger partial charge is 0.320 e. The quantitative estimate of drug-likeness (QED) is 0.585. The van der Waals surface area contributed by atoms with E-state index < -0.39 is 23.9 Å². The Labute approximate surface area is 136 Å². The maximum atomic E-state index is 12.1. The van der Waals surface area contributed by atoms with Crippen molar-refractivity contribution in [3.05, 3.63) is 35.9 Å². The number of hydrogen-bond donors (Lipinski definition) is 1. The molecule has 0 aliphatic heterocycles. The van der Waals surface area contributed by atoms with Gasteiger partial charge in [0.15, 0.2) is 5.92 Å². The van der Waals surface area contributed by atoms with Gasteiger partial charge in [0, 0.05) is 6.92 Å². The summed E-state index contributed by atoms with van der Waals surface area (Å²) in [6.45, 7) is 5.07. The average Bonchev–Trinajstić information content (AvgIpc) is 2.52. The minimum absolute atomic E-state index is 0.0846. The Kier molecular flexibility index (Phi) is 7.80. The number of ether oxygens (including phenoxy) is 2. The lowest BCUT2D eigenvalue weighted by molar-refractivity contribution is -0.162. The highest BCUT2D eigenvalue weighted by molar-refractivity contribution is 5.95. The van der Waals surface area contributed by atoms with E-state index in [1.807, 2.05) is 30.3 Å². The highest BCUT2D eigenvalue weighted by Crippen LogP contribution is 2.23. The number of nitrogens with one attached hydrogen (secondary N) is 1. The number of hydrogen-bond acceptors (Lipinski definition) is 5. The summed E-state index contributed by atoms with van der Waals surface area (Å²) in [5.74, 6) is -2.60. The summed E-state index contributed by atoms with van der Waals surface area (Å²) in [7, 11) is 0. The number of rotatable bonds is 8. The molecule has 1 aromatic carbocycles. The van der Waals surface area contributed by atoms with Gasteiger partial charge in [-0.1, -0.05) is 30.3 Å². The second kappa shape index (κ2) is 9.61. The zero-order valence-electron chi connectivity index (χ0n) is 13.7. The van der Waals surface area contributed by atoms with Crippen LogP contribution in [0.15, 0.2) is 30.3 Å². The highest BCUT2D eigenvalue weighted by Gasteiger charge is 2.33. The molecule has 0 bridgehead atoms. The summed E-state index contributed by atoms with van der Waals surface area (Å²) in [6.07, 6.45) is 0.0846. The van der Waals surface area contributed by atoms with Crippen molar-refractivity contribution < 1.29 is 23.9 Å². The fraction of sp³-hybridized carbons (Fsp3) is 0.471. The molecular formula is C17H23NO5. The number of amides is 1. The monoisotopic (exact) mass is 321 g/mol. The Morgan fingerprint density at radius 1 is 1.00 bits per heavy atom. The number of carbonyl (C=O) groups excluding carboxylic acids is 3. The van der Waals surface area contributed by atoms with Crippen LogP contribution in [0.4, 0.5) is 0 Å². The van der Waals surface area contributed by atoms with Crippen molar-refractivity contribution in [2.75, 3.05) is 13.2 Å². The van der Waals surface area contributed by atoms with Crippen LogP contribution in [0.5, 0.6) is 0 Å². The summed E-state index contributed by atoms with van der Waals surface area (Å²) < 4.78 is 9.92. The summed E-state index contributed by atoms with van der Waals surface area (Å²) in [6, 6.07) is 8.68. The van der Waals surface area contributed by atoms with Crippen LogP contribution in [0.2, 0.25) is 0 Å². The first-order valence-corrected chi connectivity index (χ1v) is 7.64. The molecule has 0 saturated heterocycles. The van der Waals surface area contributed by atoms with E-state index in [-0.39, 0.29) is 25.5 Å². The molecule has 126 valence electrons. The molecule has 0 spiro atoms. The Hall–Kier alpha value is -2.37. The molecule has 1 N–H and O–H groups in total. The van der Waals surface area contributed by atoms with Gasteiger partial charge in [-0.2, -0.15) is 0 Å². The largest absolute Gasteiger partial charge is 0.465 e. The van der Waals surface area contributed by atoms with Gasteiger partial charge in [0.25, 0.3) is 0 Å². The lowest BCUT2D eigenvalue weighted by Crippen LogP contribution is -2.34. The van der Waals surface area contributed by atoms with Crippen LogP contribution in [0.3, 0.4) is 0 Å². The van der Waals surface area contributed by atoms with E-state index in [0.717, 1.165) is 5.56 Å². The first kappa shape index (κ1) is 18.7. The third-order valence-electron chi connectivity index (χ3n) is 3.19. The summed E-state index contributed by atoms with van der Waals surface area (Å²) in [5, 5.41) is 2.77. The molecule has 0 saturated carbocycles. The van der Waals surface area contributed by atoms with E-state index in [1.54, 1.807) is 13.8 Å². The zero-order valence-corrected chi connectivity index (χ0v) is 13.7. The predicted molar refractivity (Wildman–Crippen MR) is 84.4 cm³/mol. The van der Waals surface area contributed by atoms with E-state index in [2.05, 4.69) is 5.32 Å². The minimum Gasteiger partial charge on any atom is -0.465 e. The van der Waals surface area contributed by atoms with Gasteiger partial charge in [0.05, 0.1) is 19.3 Å². The van der Waals surface area contributed by atoms with Crippen LogP contribution in [0.25, 0.3) is 0 Å². The molecule has 1 amide bonds. The molecule has 1 unspecified atom stereocenters. The van der Waals surface area contributed by atoms with Crippen molar-refractivity contribution >= 4 is 17.8 Å². The van der Waals surface area contributed by atoms with Crippen LogP contribution in [0.1, 0.15) is 38.8 Å². The molecule has 1 aromatic rings. The maximum absolute atomic E-state index is 12.1. The first-order valence-electron chi connectivity index (χ1n) is 7.64. The van der Waals surface area contributed by atoms with E-state index in [4.69, 9.17) is 9.47 Å². The summed E-state index contributed by atoms with van der Waals surface area (Å²) >= 11 is 0. The van der Waals surface area contributed by atoms with E-state index in [9.17, 15) is 14.4 Å². The average molecular weight is 321 g/mol. The molecule has 0 radical (unpaired) electrons. The van der Waals surface area contributed by atoms with Crippen molar-refractivity contribution in [2.24, 2.45) is 5.92 Å². The van der Waals surface area contributed by atoms with E-state index >= 15 is 0 Å². The van der Waals surface area contributed by atoms with Crippen molar-refractivity contribution in [1.82, 2.24) is 5.32 Å². The number of carbonyl (C=O) groups is 3. The van der Waals surface area contributed by atoms with Gasteiger partial charge >= 0.3 is 11.9 Å². The van der Waals surface area contributed by atoms with Crippen LogP contribution in [-0.2, 0) is 23.9 Å². The van der Waals surface area contributed by atoms with Crippen molar-refractivity contribution in [3.8, 4) is 0 Å². The molecule has 0 aromatic heterocycles. The van der Waals surface area contributed by atoms with Gasteiger partial charge in [-0.3, -0.25) is 14.4 Å². The van der Waals surface area contributed by atoms with Crippen molar-refractivity contribution in [3.63, 3.8) is 0 Å². The molecule has 0 heterocycles. The van der Waals surface area contributed by atoms with E-state index in [0.29, 0.717) is 0 Å². The second-order valence-corrected chi connectivity index (χ2v) is 4.96. The number of esters is 2. The normalized spacial score (nSPS) is 11.7. The second-order valence-electron chi connectivity index (χ2n) is 4.96. The molecule has 1 rings (SSSR count). The maximum Gasteiger partial charge on any atom is 0.320 e. The molecule has 6 heteroatoms. The van der Waals surface area contributed by atoms with Gasteiger partial charge in [-0.15, -0.1) is 0 Å². The SMILES string of the molecule is CCOC(=O)C(CC(NC(C)=O)c1ccccc1)C(=O)OCC. The number of benzene rings is 1. The topological polar surface area (TPSA) is 81.7 Å². The Morgan fingerprint density at radius 2 is 1.52 bits per heavy atom. The standard InChI is InChI=1S/C17H23NO5/c1-4-22-16(20)14(17(21)23-5-2)11-15(18-12(3)19)13-9-7-6-8-10-13/h6-10,14-15H,4-5,11H2,1-3H3,(H,18,19). The van der Waals surface area contributed by atoms with Crippen molar-refractivity contribution in [1.29, 1.82) is 0 Å². The highest BCUT2D eigenvalue weighted by atomic mass is 16.6. The zero-order chi connectivity index (χ0) is 17.2. The molecular weight excluding hydrogens is 298 g/mol. The van der Waals surface area contributed by atoms with Crippen LogP contribution in [-0.4, -0.2) is 31.1 Å². The Morgan fingerprint density at radius 3 is 1.96 bits per heavy atom. The van der Waals surface area contributed by atoms with E-state index in [1.165, 1.54) is 6.92 Å². The van der Waals surface area contributed by atoms with Gasteiger partial charge < -0.3 is 14.8 Å². The van der Waals surface area contributed by atoms with Crippen molar-refractivity contribution in [2.45, 2.75) is 33.2 Å². The van der Waals surface area contributed by atoms with Gasteiger partial charge in [0.2, 0.25) is 5.91 Å². The fourth-order valence-corrected chi connectivity index (χ4v) is 2.22. The Balaban J connectivity index is 3.00. The van der Waals surface area contributed by atoms with Gasteiger partial charge in [0.1, 0.15) is 0 Å². The molecule has 0 aliphatic rings. The third-order valence-corrected chi connectivity index (χ3v) is 3.19. The molecule has 0 aliphatic carbocycles. The minimum atomic E-state index is -1.08. The first-order chi connectivity index (χ1) is 11.0. The molecule has 1 atom stereocenters. The lowest BCUT2D eigenvalue weighted by atomic mass is 9.94. The predicted octanol–water partition coefficient (Wildman–Crippen LogP) is 2.00. The lowest BCUT2D eigenvalue weighted by Gasteiger charge is -2.22. The summed E-state index contributed by atoms with van der Waals surface area (Å²) in [4.78, 5) is 35.6. The molecule has 6 nitrogen and oxygen atoms in total. The van der Waals surface area contributed by atoms with Gasteiger partial charge in [-0.05, 0) is 25.8 Å². The summed E-state index contributed by atoms with van der Waals surface area (Å²) in [5.41, 5.74) is 0.807. The Bertz CT molecular complexity index is 511. The van der Waals surface area contributed by atoms with Crippen LogP contribution >= 0.6 is 0 Å². The van der Waals surface area contributed by atoms with Gasteiger partial charge in [-0.25, -0.2) is 0 Å². The third kappa shape index (κ3) is 6.10. The van der Waals surface area contributed by atoms with Crippen LogP contribution < -0.4 is 5.32 Å². The fourth-order valence-electron chi connectivity index (χ4n) is 2.22. The van der Waals surface area contributed by atoms with Crippen LogP contribution in [0, 0.1) is 5.92 Å².